The minimum absolute atomic E-state index is 0.0759. The molecule has 6 heteroatoms. The van der Waals surface area contributed by atoms with E-state index in [2.05, 4.69) is 22.8 Å². The van der Waals surface area contributed by atoms with E-state index in [0.29, 0.717) is 6.54 Å². The lowest BCUT2D eigenvalue weighted by molar-refractivity contribution is -0.121. The third kappa shape index (κ3) is 3.94. The van der Waals surface area contributed by atoms with E-state index in [1.807, 2.05) is 35.7 Å². The van der Waals surface area contributed by atoms with Crippen molar-refractivity contribution in [2.24, 2.45) is 5.73 Å². The standard InChI is InChI=1S/C18H21N3O2S/c19-17(23)21-14(15-7-4-10-24-15)11-16(22)20-12-18(8-9-18)13-5-2-1-3-6-13/h1-7,10,14H,8-9,11-12H2,(H,20,22)(H3,19,21,23)/t14-/m1/s1. The third-order valence-electron chi connectivity index (χ3n) is 4.46. The van der Waals surface area contributed by atoms with Gasteiger partial charge in [-0.25, -0.2) is 4.79 Å². The smallest absolute Gasteiger partial charge is 0.312 e. The molecule has 1 aliphatic carbocycles. The zero-order valence-electron chi connectivity index (χ0n) is 13.3. The van der Waals surface area contributed by atoms with Crippen molar-refractivity contribution < 1.29 is 9.59 Å². The summed E-state index contributed by atoms with van der Waals surface area (Å²) in [6.45, 7) is 0.629. The maximum atomic E-state index is 12.3. The van der Waals surface area contributed by atoms with Crippen molar-refractivity contribution >= 4 is 23.3 Å². The van der Waals surface area contributed by atoms with Crippen LogP contribution in [0, 0.1) is 0 Å². The molecule has 0 unspecified atom stereocenters. The Hall–Kier alpha value is -2.34. The number of nitrogens with one attached hydrogen (secondary N) is 2. The number of nitrogens with two attached hydrogens (primary N) is 1. The lowest BCUT2D eigenvalue weighted by atomic mass is 9.96. The summed E-state index contributed by atoms with van der Waals surface area (Å²) in [5, 5.41) is 7.58. The molecule has 1 aromatic heterocycles. The highest BCUT2D eigenvalue weighted by Gasteiger charge is 2.44. The predicted octanol–water partition coefficient (Wildman–Crippen LogP) is 2.70. The van der Waals surface area contributed by atoms with Crippen molar-refractivity contribution in [3.8, 4) is 0 Å². The number of hydrogen-bond donors (Lipinski definition) is 3. The van der Waals surface area contributed by atoms with E-state index >= 15 is 0 Å². The molecule has 0 aliphatic heterocycles. The SMILES string of the molecule is NC(=O)N[C@H](CC(=O)NCC1(c2ccccc2)CC1)c1cccs1. The molecule has 1 fully saturated rings. The van der Waals surface area contributed by atoms with Gasteiger partial charge in [0.2, 0.25) is 5.91 Å². The summed E-state index contributed by atoms with van der Waals surface area (Å²) in [4.78, 5) is 24.4. The van der Waals surface area contributed by atoms with Crippen LogP contribution in [0.15, 0.2) is 47.8 Å². The second-order valence-electron chi connectivity index (χ2n) is 6.20. The normalized spacial score (nSPS) is 16.2. The molecule has 0 radical (unpaired) electrons. The summed E-state index contributed by atoms with van der Waals surface area (Å²) >= 11 is 1.50. The first kappa shape index (κ1) is 16.5. The summed E-state index contributed by atoms with van der Waals surface area (Å²) in [5.74, 6) is -0.0793. The van der Waals surface area contributed by atoms with Gasteiger partial charge in [-0.3, -0.25) is 4.79 Å². The van der Waals surface area contributed by atoms with Gasteiger partial charge in [0.25, 0.3) is 0 Å². The van der Waals surface area contributed by atoms with Crippen LogP contribution in [0.4, 0.5) is 4.79 Å². The van der Waals surface area contributed by atoms with E-state index in [9.17, 15) is 9.59 Å². The Balaban J connectivity index is 1.58. The predicted molar refractivity (Wildman–Crippen MR) is 94.8 cm³/mol. The van der Waals surface area contributed by atoms with E-state index in [4.69, 9.17) is 5.73 Å². The van der Waals surface area contributed by atoms with Gasteiger partial charge in [-0.2, -0.15) is 0 Å². The number of benzene rings is 1. The minimum atomic E-state index is -0.621. The van der Waals surface area contributed by atoms with Crippen molar-refractivity contribution in [2.45, 2.75) is 30.7 Å². The average molecular weight is 343 g/mol. The highest BCUT2D eigenvalue weighted by molar-refractivity contribution is 7.10. The van der Waals surface area contributed by atoms with Crippen molar-refractivity contribution in [3.63, 3.8) is 0 Å². The Kier molecular flexibility index (Phi) is 4.85. The van der Waals surface area contributed by atoms with Gasteiger partial charge >= 0.3 is 6.03 Å². The molecule has 5 nitrogen and oxygen atoms in total. The summed E-state index contributed by atoms with van der Waals surface area (Å²) in [6.07, 6.45) is 2.37. The number of hydrogen-bond acceptors (Lipinski definition) is 3. The first-order valence-electron chi connectivity index (χ1n) is 8.01. The number of amides is 3. The Morgan fingerprint density at radius 2 is 1.92 bits per heavy atom. The zero-order valence-corrected chi connectivity index (χ0v) is 14.1. The Bertz CT molecular complexity index is 696. The monoisotopic (exact) mass is 343 g/mol. The van der Waals surface area contributed by atoms with Crippen molar-refractivity contribution in [1.82, 2.24) is 10.6 Å². The molecule has 24 heavy (non-hydrogen) atoms. The largest absolute Gasteiger partial charge is 0.355 e. The summed E-state index contributed by atoms with van der Waals surface area (Å²) in [6, 6.07) is 13.1. The molecular formula is C18H21N3O2S. The molecule has 126 valence electrons. The van der Waals surface area contributed by atoms with Gasteiger partial charge in [-0.1, -0.05) is 36.4 Å². The second kappa shape index (κ2) is 7.05. The molecule has 1 aliphatic rings. The third-order valence-corrected chi connectivity index (χ3v) is 5.44. The van der Waals surface area contributed by atoms with Crippen molar-refractivity contribution in [2.75, 3.05) is 6.54 Å². The highest BCUT2D eigenvalue weighted by Crippen LogP contribution is 2.47. The van der Waals surface area contributed by atoms with Gasteiger partial charge in [0.05, 0.1) is 12.5 Å². The number of carbonyl (C=O) groups excluding carboxylic acids is 2. The molecule has 1 saturated carbocycles. The minimum Gasteiger partial charge on any atom is -0.355 e. The number of thiophene rings is 1. The molecule has 2 aromatic rings. The molecule has 1 heterocycles. The fourth-order valence-corrected chi connectivity index (χ4v) is 3.70. The van der Waals surface area contributed by atoms with Gasteiger partial charge < -0.3 is 16.4 Å². The molecular weight excluding hydrogens is 322 g/mol. The van der Waals surface area contributed by atoms with E-state index in [1.165, 1.54) is 16.9 Å². The number of rotatable bonds is 7. The Morgan fingerprint density at radius 1 is 1.17 bits per heavy atom. The Labute approximate surface area is 145 Å². The molecule has 3 rings (SSSR count). The van der Waals surface area contributed by atoms with E-state index in [0.717, 1.165) is 17.7 Å². The molecule has 0 spiro atoms. The van der Waals surface area contributed by atoms with Crippen LogP contribution < -0.4 is 16.4 Å². The summed E-state index contributed by atoms with van der Waals surface area (Å²) in [5.41, 5.74) is 6.58. The van der Waals surface area contributed by atoms with Gasteiger partial charge in [0.1, 0.15) is 0 Å². The van der Waals surface area contributed by atoms with Gasteiger partial charge in [-0.05, 0) is 29.9 Å². The van der Waals surface area contributed by atoms with Gasteiger partial charge in [-0.15, -0.1) is 11.3 Å². The first-order valence-corrected chi connectivity index (χ1v) is 8.89. The lowest BCUT2D eigenvalue weighted by Crippen LogP contribution is -2.38. The van der Waals surface area contributed by atoms with Crippen LogP contribution in [0.5, 0.6) is 0 Å². The maximum absolute atomic E-state index is 12.3. The molecule has 0 saturated heterocycles. The van der Waals surface area contributed by atoms with Crippen molar-refractivity contribution in [1.29, 1.82) is 0 Å². The van der Waals surface area contributed by atoms with Crippen LogP contribution in [-0.4, -0.2) is 18.5 Å². The molecule has 4 N–H and O–H groups in total. The quantitative estimate of drug-likeness (QED) is 0.722. The number of urea groups is 1. The molecule has 0 bridgehead atoms. The van der Waals surface area contributed by atoms with Gasteiger partial charge in [0.15, 0.2) is 0 Å². The van der Waals surface area contributed by atoms with Crippen LogP contribution in [0.2, 0.25) is 0 Å². The molecule has 3 amide bonds. The average Bonchev–Trinajstić information content (AvgIpc) is 3.16. The zero-order chi connectivity index (χ0) is 17.0. The van der Waals surface area contributed by atoms with Crippen LogP contribution in [0.25, 0.3) is 0 Å². The first-order chi connectivity index (χ1) is 11.6. The van der Waals surface area contributed by atoms with Gasteiger partial charge in [0, 0.05) is 16.8 Å². The highest BCUT2D eigenvalue weighted by atomic mass is 32.1. The van der Waals surface area contributed by atoms with E-state index in [-0.39, 0.29) is 23.8 Å². The van der Waals surface area contributed by atoms with E-state index < -0.39 is 6.03 Å². The van der Waals surface area contributed by atoms with Crippen LogP contribution in [-0.2, 0) is 10.2 Å². The van der Waals surface area contributed by atoms with E-state index in [1.54, 1.807) is 0 Å². The van der Waals surface area contributed by atoms with Crippen LogP contribution >= 0.6 is 11.3 Å². The lowest BCUT2D eigenvalue weighted by Gasteiger charge is -2.19. The topological polar surface area (TPSA) is 84.2 Å². The van der Waals surface area contributed by atoms with Crippen molar-refractivity contribution in [3.05, 3.63) is 58.3 Å². The summed E-state index contributed by atoms with van der Waals surface area (Å²) < 4.78 is 0. The second-order valence-corrected chi connectivity index (χ2v) is 7.18. The molecule has 1 atom stereocenters. The summed E-state index contributed by atoms with van der Waals surface area (Å²) in [7, 11) is 0. The van der Waals surface area contributed by atoms with Crippen LogP contribution in [0.1, 0.15) is 35.7 Å². The fraction of sp³-hybridized carbons (Fsp3) is 0.333. The number of primary amides is 1. The maximum Gasteiger partial charge on any atom is 0.312 e. The van der Waals surface area contributed by atoms with Crippen LogP contribution in [0.3, 0.4) is 0 Å². The Morgan fingerprint density at radius 3 is 2.50 bits per heavy atom. The fourth-order valence-electron chi connectivity index (χ4n) is 2.92. The number of carbonyl (C=O) groups is 2. The molecule has 1 aromatic carbocycles.